The van der Waals surface area contributed by atoms with Crippen LogP contribution < -0.4 is 0 Å². The maximum atomic E-state index is 12.0. The van der Waals surface area contributed by atoms with Crippen LogP contribution in [0.5, 0.6) is 0 Å². The van der Waals surface area contributed by atoms with Gasteiger partial charge in [0.05, 0.1) is 7.11 Å². The van der Waals surface area contributed by atoms with Crippen molar-refractivity contribution in [2.45, 2.75) is 12.5 Å². The lowest BCUT2D eigenvalue weighted by atomic mass is 9.92. The lowest BCUT2D eigenvalue weighted by molar-refractivity contribution is -0.144. The standard InChI is InChI=1S/C13H11ClO4/c1-13(8-3-5-9(14)6-4-8)11(15)7-10(18-13)12(16)17-2/h3-7H,1-2H3. The predicted octanol–water partition coefficient (Wildman–Crippen LogP) is 2.21. The molecule has 0 aliphatic carbocycles. The number of methoxy groups -OCH3 is 1. The minimum atomic E-state index is -1.20. The van der Waals surface area contributed by atoms with Crippen LogP contribution >= 0.6 is 11.6 Å². The smallest absolute Gasteiger partial charge is 0.373 e. The van der Waals surface area contributed by atoms with Crippen LogP contribution in [-0.4, -0.2) is 18.9 Å². The van der Waals surface area contributed by atoms with Gasteiger partial charge in [-0.2, -0.15) is 0 Å². The highest BCUT2D eigenvalue weighted by Gasteiger charge is 2.43. The molecule has 0 fully saturated rings. The highest BCUT2D eigenvalue weighted by molar-refractivity contribution is 6.30. The van der Waals surface area contributed by atoms with Gasteiger partial charge in [0.2, 0.25) is 11.5 Å². The predicted molar refractivity (Wildman–Crippen MR) is 65.0 cm³/mol. The van der Waals surface area contributed by atoms with E-state index in [1.54, 1.807) is 31.2 Å². The normalized spacial score (nSPS) is 22.4. The van der Waals surface area contributed by atoms with Crippen molar-refractivity contribution in [3.63, 3.8) is 0 Å². The third-order valence-electron chi connectivity index (χ3n) is 2.83. The molecule has 1 aliphatic heterocycles. The largest absolute Gasteiger partial charge is 0.467 e. The second kappa shape index (κ2) is 4.46. The average Bonchev–Trinajstić information content (AvgIpc) is 2.67. The van der Waals surface area contributed by atoms with E-state index in [0.717, 1.165) is 6.08 Å². The van der Waals surface area contributed by atoms with Crippen molar-refractivity contribution in [3.05, 3.63) is 46.7 Å². The van der Waals surface area contributed by atoms with Crippen molar-refractivity contribution in [1.29, 1.82) is 0 Å². The van der Waals surface area contributed by atoms with Crippen LogP contribution in [0.3, 0.4) is 0 Å². The molecule has 18 heavy (non-hydrogen) atoms. The van der Waals surface area contributed by atoms with E-state index in [9.17, 15) is 9.59 Å². The van der Waals surface area contributed by atoms with Gasteiger partial charge in [0.25, 0.3) is 0 Å². The molecule has 2 rings (SSSR count). The zero-order valence-electron chi connectivity index (χ0n) is 9.90. The van der Waals surface area contributed by atoms with Gasteiger partial charge >= 0.3 is 5.97 Å². The van der Waals surface area contributed by atoms with E-state index >= 15 is 0 Å². The summed E-state index contributed by atoms with van der Waals surface area (Å²) in [5.74, 6) is -1.05. The molecule has 1 atom stereocenters. The zero-order chi connectivity index (χ0) is 13.3. The Kier molecular flexibility index (Phi) is 3.13. The van der Waals surface area contributed by atoms with E-state index in [0.29, 0.717) is 10.6 Å². The molecule has 0 N–H and O–H groups in total. The summed E-state index contributed by atoms with van der Waals surface area (Å²) in [4.78, 5) is 23.3. The van der Waals surface area contributed by atoms with Crippen molar-refractivity contribution in [2.75, 3.05) is 7.11 Å². The molecule has 0 aromatic heterocycles. The maximum absolute atomic E-state index is 12.0. The minimum absolute atomic E-state index is 0.0834. The Labute approximate surface area is 109 Å². The van der Waals surface area contributed by atoms with Crippen LogP contribution in [0.15, 0.2) is 36.1 Å². The van der Waals surface area contributed by atoms with E-state index in [1.807, 2.05) is 0 Å². The first kappa shape index (κ1) is 12.6. The topological polar surface area (TPSA) is 52.6 Å². The van der Waals surface area contributed by atoms with E-state index < -0.39 is 11.6 Å². The Hall–Kier alpha value is -1.81. The van der Waals surface area contributed by atoms with E-state index in [4.69, 9.17) is 16.3 Å². The summed E-state index contributed by atoms with van der Waals surface area (Å²) in [7, 11) is 1.23. The molecule has 0 spiro atoms. The number of carbonyl (C=O) groups excluding carboxylic acids is 2. The lowest BCUT2D eigenvalue weighted by Crippen LogP contribution is -2.30. The molecular weight excluding hydrogens is 256 g/mol. The highest BCUT2D eigenvalue weighted by atomic mass is 35.5. The second-order valence-corrected chi connectivity index (χ2v) is 4.44. The monoisotopic (exact) mass is 266 g/mol. The summed E-state index contributed by atoms with van der Waals surface area (Å²) >= 11 is 5.79. The Morgan fingerprint density at radius 3 is 2.50 bits per heavy atom. The molecule has 1 aliphatic rings. The number of hydrogen-bond acceptors (Lipinski definition) is 4. The summed E-state index contributed by atoms with van der Waals surface area (Å²) in [5, 5.41) is 0.564. The second-order valence-electron chi connectivity index (χ2n) is 4.01. The van der Waals surface area contributed by atoms with Crippen LogP contribution in [0.2, 0.25) is 5.02 Å². The quantitative estimate of drug-likeness (QED) is 0.770. The van der Waals surface area contributed by atoms with Gasteiger partial charge < -0.3 is 9.47 Å². The number of rotatable bonds is 2. The number of hydrogen-bond donors (Lipinski definition) is 0. The van der Waals surface area contributed by atoms with Gasteiger partial charge in [-0.25, -0.2) is 4.79 Å². The van der Waals surface area contributed by atoms with E-state index in [1.165, 1.54) is 7.11 Å². The van der Waals surface area contributed by atoms with Gasteiger partial charge in [-0.1, -0.05) is 23.7 Å². The van der Waals surface area contributed by atoms with Crippen molar-refractivity contribution < 1.29 is 19.1 Å². The Balaban J connectivity index is 2.32. The molecule has 1 aromatic carbocycles. The number of halogens is 1. The first-order chi connectivity index (χ1) is 8.47. The summed E-state index contributed by atoms with van der Waals surface area (Å²) in [6, 6.07) is 6.70. The molecule has 1 aromatic rings. The van der Waals surface area contributed by atoms with Gasteiger partial charge in [0.1, 0.15) is 0 Å². The molecule has 5 heteroatoms. The van der Waals surface area contributed by atoms with Crippen LogP contribution in [0.25, 0.3) is 0 Å². The Bertz CT molecular complexity index is 532. The molecule has 94 valence electrons. The SMILES string of the molecule is COC(=O)C1=CC(=O)C(C)(c2ccc(Cl)cc2)O1. The molecule has 0 amide bonds. The zero-order valence-corrected chi connectivity index (χ0v) is 10.7. The first-order valence-corrected chi connectivity index (χ1v) is 5.64. The maximum Gasteiger partial charge on any atom is 0.373 e. The molecule has 0 saturated carbocycles. The molecule has 4 nitrogen and oxygen atoms in total. The van der Waals surface area contributed by atoms with Crippen molar-refractivity contribution in [1.82, 2.24) is 0 Å². The number of ether oxygens (including phenoxy) is 2. The first-order valence-electron chi connectivity index (χ1n) is 5.27. The fourth-order valence-electron chi connectivity index (χ4n) is 1.73. The molecule has 1 heterocycles. The Morgan fingerprint density at radius 2 is 1.94 bits per heavy atom. The summed E-state index contributed by atoms with van der Waals surface area (Å²) in [6.45, 7) is 1.60. The molecule has 0 bridgehead atoms. The van der Waals surface area contributed by atoms with Gasteiger partial charge in [0, 0.05) is 16.7 Å². The average molecular weight is 267 g/mol. The fourth-order valence-corrected chi connectivity index (χ4v) is 1.85. The lowest BCUT2D eigenvalue weighted by Gasteiger charge is -2.23. The molecule has 0 saturated heterocycles. The van der Waals surface area contributed by atoms with Crippen LogP contribution in [0.4, 0.5) is 0 Å². The number of esters is 1. The third kappa shape index (κ3) is 1.99. The van der Waals surface area contributed by atoms with Crippen molar-refractivity contribution in [2.24, 2.45) is 0 Å². The van der Waals surface area contributed by atoms with Crippen molar-refractivity contribution >= 4 is 23.4 Å². The van der Waals surface area contributed by atoms with Crippen LogP contribution in [0, 0.1) is 0 Å². The van der Waals surface area contributed by atoms with Crippen molar-refractivity contribution in [3.8, 4) is 0 Å². The third-order valence-corrected chi connectivity index (χ3v) is 3.08. The molecular formula is C13H11ClO4. The minimum Gasteiger partial charge on any atom is -0.467 e. The van der Waals surface area contributed by atoms with Crippen LogP contribution in [-0.2, 0) is 24.7 Å². The molecule has 0 radical (unpaired) electrons. The number of carbonyl (C=O) groups is 2. The van der Waals surface area contributed by atoms with Gasteiger partial charge in [-0.3, -0.25) is 4.79 Å². The van der Waals surface area contributed by atoms with E-state index in [-0.39, 0.29) is 11.5 Å². The summed E-state index contributed by atoms with van der Waals surface area (Å²) in [5.41, 5.74) is -0.569. The van der Waals surface area contributed by atoms with Gasteiger partial charge in [-0.05, 0) is 19.1 Å². The fraction of sp³-hybridized carbons (Fsp3) is 0.231. The highest BCUT2D eigenvalue weighted by Crippen LogP contribution is 2.35. The summed E-state index contributed by atoms with van der Waals surface area (Å²) in [6.07, 6.45) is 1.15. The number of benzene rings is 1. The van der Waals surface area contributed by atoms with Crippen LogP contribution in [0.1, 0.15) is 12.5 Å². The van der Waals surface area contributed by atoms with E-state index in [2.05, 4.69) is 4.74 Å². The molecule has 1 unspecified atom stereocenters. The van der Waals surface area contributed by atoms with Gasteiger partial charge in [0.15, 0.2) is 5.60 Å². The number of ketones is 1. The Morgan fingerprint density at radius 1 is 1.33 bits per heavy atom. The van der Waals surface area contributed by atoms with Gasteiger partial charge in [-0.15, -0.1) is 0 Å². The summed E-state index contributed by atoms with van der Waals surface area (Å²) < 4.78 is 9.96.